The predicted molar refractivity (Wildman–Crippen MR) is 87.3 cm³/mol. The number of nitrogens with one attached hydrogen (secondary N) is 1. The van der Waals surface area contributed by atoms with Crippen LogP contribution in [0, 0.1) is 5.92 Å². The molecule has 1 aromatic carbocycles. The fraction of sp³-hybridized carbons (Fsp3) is 0.647. The molecule has 2 rings (SSSR count). The van der Waals surface area contributed by atoms with Crippen molar-refractivity contribution in [1.82, 2.24) is 10.2 Å². The van der Waals surface area contributed by atoms with Gasteiger partial charge in [0.15, 0.2) is 0 Å². The number of hydrogen-bond donors (Lipinski definition) is 1. The zero-order chi connectivity index (χ0) is 14.4. The van der Waals surface area contributed by atoms with Crippen LogP contribution in [0.3, 0.4) is 0 Å². The van der Waals surface area contributed by atoms with Gasteiger partial charge in [-0.3, -0.25) is 4.90 Å². The summed E-state index contributed by atoms with van der Waals surface area (Å²) in [6, 6.07) is 8.95. The average molecular weight is 275 g/mol. The molecule has 0 spiro atoms. The van der Waals surface area contributed by atoms with E-state index in [9.17, 15) is 0 Å². The van der Waals surface area contributed by atoms with Gasteiger partial charge >= 0.3 is 0 Å². The first kappa shape index (κ1) is 15.3. The molecule has 0 radical (unpaired) electrons. The maximum Gasteiger partial charge on any atom is 0.0361 e. The highest BCUT2D eigenvalue weighted by Crippen LogP contribution is 2.16. The third-order valence-corrected chi connectivity index (χ3v) is 4.22. The Hall–Kier alpha value is -1.06. The molecule has 1 aliphatic rings. The Balaban J connectivity index is 1.88. The van der Waals surface area contributed by atoms with Crippen molar-refractivity contribution in [3.8, 4) is 0 Å². The second kappa shape index (κ2) is 7.65. The van der Waals surface area contributed by atoms with E-state index >= 15 is 0 Å². The van der Waals surface area contributed by atoms with Crippen LogP contribution in [0.2, 0.25) is 0 Å². The molecule has 1 aliphatic heterocycles. The highest BCUT2D eigenvalue weighted by Gasteiger charge is 2.16. The van der Waals surface area contributed by atoms with E-state index in [4.69, 9.17) is 0 Å². The Kier molecular flexibility index (Phi) is 5.86. The summed E-state index contributed by atoms with van der Waals surface area (Å²) >= 11 is 0. The summed E-state index contributed by atoms with van der Waals surface area (Å²) in [6.07, 6.45) is 2.71. The molecule has 1 saturated heterocycles. The zero-order valence-corrected chi connectivity index (χ0v) is 13.2. The van der Waals surface area contributed by atoms with Crippen molar-refractivity contribution in [1.29, 1.82) is 0 Å². The van der Waals surface area contributed by atoms with Gasteiger partial charge in [-0.05, 0) is 56.1 Å². The maximum atomic E-state index is 3.52. The van der Waals surface area contributed by atoms with Crippen LogP contribution < -0.4 is 10.2 Å². The minimum Gasteiger partial charge on any atom is -0.378 e. The molecule has 20 heavy (non-hydrogen) atoms. The second-order valence-electron chi connectivity index (χ2n) is 6.10. The first-order chi connectivity index (χ1) is 9.69. The molecule has 1 heterocycles. The fourth-order valence-corrected chi connectivity index (χ4v) is 2.91. The summed E-state index contributed by atoms with van der Waals surface area (Å²) in [6.45, 7) is 8.08. The van der Waals surface area contributed by atoms with Gasteiger partial charge in [0.05, 0.1) is 0 Å². The quantitative estimate of drug-likeness (QED) is 0.861. The van der Waals surface area contributed by atoms with Gasteiger partial charge in [-0.2, -0.15) is 0 Å². The van der Waals surface area contributed by atoms with E-state index in [0.717, 1.165) is 19.0 Å². The molecule has 112 valence electrons. The number of hydrogen-bond acceptors (Lipinski definition) is 3. The summed E-state index contributed by atoms with van der Waals surface area (Å²) < 4.78 is 0. The molecule has 0 aromatic heterocycles. The standard InChI is InChI=1S/C17H29N3/c1-4-20(14-16-6-5-11-18-12-16)13-15-7-9-17(10-8-15)19(2)3/h7-10,16,18H,4-6,11-14H2,1-3H3. The number of nitrogens with zero attached hydrogens (tertiary/aromatic N) is 2. The third kappa shape index (κ3) is 4.50. The van der Waals surface area contributed by atoms with Gasteiger partial charge in [0.2, 0.25) is 0 Å². The van der Waals surface area contributed by atoms with Crippen molar-refractivity contribution < 1.29 is 0 Å². The Labute approximate surface area is 124 Å². The molecule has 3 nitrogen and oxygen atoms in total. The third-order valence-electron chi connectivity index (χ3n) is 4.22. The molecular weight excluding hydrogens is 246 g/mol. The molecule has 0 bridgehead atoms. The predicted octanol–water partition coefficient (Wildman–Crippen LogP) is 2.57. The highest BCUT2D eigenvalue weighted by atomic mass is 15.1. The SMILES string of the molecule is CCN(Cc1ccc(N(C)C)cc1)CC1CCCNC1. The molecule has 1 fully saturated rings. The lowest BCUT2D eigenvalue weighted by atomic mass is 9.99. The van der Waals surface area contributed by atoms with Crippen molar-refractivity contribution in [2.24, 2.45) is 5.92 Å². The minimum atomic E-state index is 0.824. The molecule has 3 heteroatoms. The van der Waals surface area contributed by atoms with Crippen LogP contribution in [0.5, 0.6) is 0 Å². The maximum absolute atomic E-state index is 3.52. The van der Waals surface area contributed by atoms with Crippen LogP contribution in [0.25, 0.3) is 0 Å². The van der Waals surface area contributed by atoms with Crippen molar-refractivity contribution in [3.05, 3.63) is 29.8 Å². The van der Waals surface area contributed by atoms with Gasteiger partial charge in [-0.1, -0.05) is 19.1 Å². The Morgan fingerprint density at radius 2 is 1.95 bits per heavy atom. The van der Waals surface area contributed by atoms with E-state index in [2.05, 4.69) is 60.4 Å². The highest BCUT2D eigenvalue weighted by molar-refractivity contribution is 5.45. The molecule has 1 unspecified atom stereocenters. The van der Waals surface area contributed by atoms with Gasteiger partial charge < -0.3 is 10.2 Å². The van der Waals surface area contributed by atoms with Gasteiger partial charge in [0, 0.05) is 32.9 Å². The van der Waals surface area contributed by atoms with Crippen molar-refractivity contribution in [2.45, 2.75) is 26.3 Å². The first-order valence-corrected chi connectivity index (χ1v) is 7.88. The average Bonchev–Trinajstić information content (AvgIpc) is 2.48. The van der Waals surface area contributed by atoms with E-state index in [1.165, 1.54) is 43.7 Å². The number of benzene rings is 1. The van der Waals surface area contributed by atoms with Crippen LogP contribution in [0.1, 0.15) is 25.3 Å². The van der Waals surface area contributed by atoms with Crippen molar-refractivity contribution in [3.63, 3.8) is 0 Å². The van der Waals surface area contributed by atoms with Crippen molar-refractivity contribution in [2.75, 3.05) is 45.2 Å². The monoisotopic (exact) mass is 275 g/mol. The van der Waals surface area contributed by atoms with Gasteiger partial charge in [-0.25, -0.2) is 0 Å². The van der Waals surface area contributed by atoms with Gasteiger partial charge in [-0.15, -0.1) is 0 Å². The van der Waals surface area contributed by atoms with Crippen LogP contribution in [-0.4, -0.2) is 45.2 Å². The van der Waals surface area contributed by atoms with E-state index in [1.807, 2.05) is 0 Å². The molecule has 1 atom stereocenters. The topological polar surface area (TPSA) is 18.5 Å². The van der Waals surface area contributed by atoms with Gasteiger partial charge in [0.25, 0.3) is 0 Å². The molecule has 0 amide bonds. The minimum absolute atomic E-state index is 0.824. The van der Waals surface area contributed by atoms with Crippen LogP contribution in [0.4, 0.5) is 5.69 Å². The Morgan fingerprint density at radius 1 is 1.20 bits per heavy atom. The number of piperidine rings is 1. The largest absolute Gasteiger partial charge is 0.378 e. The molecule has 1 N–H and O–H groups in total. The normalized spacial score (nSPS) is 19.3. The summed E-state index contributed by atoms with van der Waals surface area (Å²) in [5.74, 6) is 0.824. The second-order valence-corrected chi connectivity index (χ2v) is 6.10. The lowest BCUT2D eigenvalue weighted by Gasteiger charge is -2.29. The lowest BCUT2D eigenvalue weighted by molar-refractivity contribution is 0.209. The smallest absolute Gasteiger partial charge is 0.0361 e. The van der Waals surface area contributed by atoms with E-state index < -0.39 is 0 Å². The first-order valence-electron chi connectivity index (χ1n) is 7.88. The van der Waals surface area contributed by atoms with Crippen LogP contribution >= 0.6 is 0 Å². The van der Waals surface area contributed by atoms with Crippen molar-refractivity contribution >= 4 is 5.69 Å². The zero-order valence-electron chi connectivity index (χ0n) is 13.2. The molecular formula is C17H29N3. The summed E-state index contributed by atoms with van der Waals surface area (Å²) in [5.41, 5.74) is 2.69. The lowest BCUT2D eigenvalue weighted by Crippen LogP contribution is -2.38. The molecule has 0 aliphatic carbocycles. The van der Waals surface area contributed by atoms with Crippen LogP contribution in [0.15, 0.2) is 24.3 Å². The van der Waals surface area contributed by atoms with E-state index in [1.54, 1.807) is 0 Å². The van der Waals surface area contributed by atoms with E-state index in [0.29, 0.717) is 0 Å². The fourth-order valence-electron chi connectivity index (χ4n) is 2.91. The summed E-state index contributed by atoms with van der Waals surface area (Å²) in [5, 5.41) is 3.52. The Bertz CT molecular complexity index is 380. The summed E-state index contributed by atoms with van der Waals surface area (Å²) in [7, 11) is 4.17. The number of rotatable bonds is 6. The van der Waals surface area contributed by atoms with Crippen LogP contribution in [-0.2, 0) is 6.54 Å². The molecule has 1 aromatic rings. The Morgan fingerprint density at radius 3 is 2.50 bits per heavy atom. The summed E-state index contributed by atoms with van der Waals surface area (Å²) in [4.78, 5) is 4.72. The van der Waals surface area contributed by atoms with E-state index in [-0.39, 0.29) is 0 Å². The number of anilines is 1. The molecule has 0 saturated carbocycles. The van der Waals surface area contributed by atoms with Gasteiger partial charge in [0.1, 0.15) is 0 Å².